The summed E-state index contributed by atoms with van der Waals surface area (Å²) in [5.74, 6) is 1.62. The fourth-order valence-corrected chi connectivity index (χ4v) is 2.79. The predicted octanol–water partition coefficient (Wildman–Crippen LogP) is 0.973. The van der Waals surface area contributed by atoms with Gasteiger partial charge in [-0.25, -0.2) is 0 Å². The van der Waals surface area contributed by atoms with E-state index in [2.05, 4.69) is 24.1 Å². The minimum Gasteiger partial charge on any atom is -0.382 e. The Balaban J connectivity index is 1.78. The Labute approximate surface area is 134 Å². The van der Waals surface area contributed by atoms with Gasteiger partial charge in [0.05, 0.1) is 39.6 Å². The van der Waals surface area contributed by atoms with Crippen LogP contribution in [0, 0.1) is 11.3 Å². The molecule has 0 aromatic rings. The van der Waals surface area contributed by atoms with E-state index < -0.39 is 0 Å². The Kier molecular flexibility index (Phi) is 6.92. The number of rotatable bonds is 8. The van der Waals surface area contributed by atoms with E-state index in [1.54, 1.807) is 7.11 Å². The van der Waals surface area contributed by atoms with Gasteiger partial charge in [-0.1, -0.05) is 6.92 Å². The van der Waals surface area contributed by atoms with Gasteiger partial charge in [0.2, 0.25) is 0 Å². The molecule has 2 rings (SSSR count). The van der Waals surface area contributed by atoms with Crippen molar-refractivity contribution in [3.8, 4) is 0 Å². The van der Waals surface area contributed by atoms with E-state index >= 15 is 0 Å². The number of guanidine groups is 1. The van der Waals surface area contributed by atoms with Crippen LogP contribution in [0.5, 0.6) is 0 Å². The predicted molar refractivity (Wildman–Crippen MR) is 87.3 cm³/mol. The number of hydrogen-bond acceptors (Lipinski definition) is 4. The Morgan fingerprint density at radius 1 is 1.41 bits per heavy atom. The van der Waals surface area contributed by atoms with Crippen molar-refractivity contribution in [1.82, 2.24) is 10.2 Å². The lowest BCUT2D eigenvalue weighted by Gasteiger charge is -2.37. The summed E-state index contributed by atoms with van der Waals surface area (Å²) in [7, 11) is 1.70. The van der Waals surface area contributed by atoms with Gasteiger partial charge in [-0.15, -0.1) is 0 Å². The molecule has 2 heterocycles. The average Bonchev–Trinajstić information content (AvgIpc) is 2.95. The zero-order valence-corrected chi connectivity index (χ0v) is 14.3. The molecule has 1 unspecified atom stereocenters. The first-order chi connectivity index (χ1) is 10.7. The van der Waals surface area contributed by atoms with Crippen LogP contribution >= 0.6 is 0 Å². The molecule has 0 amide bonds. The summed E-state index contributed by atoms with van der Waals surface area (Å²) in [6.45, 7) is 12.0. The molecule has 1 atom stereocenters. The average molecular weight is 313 g/mol. The maximum atomic E-state index is 5.66. The minimum absolute atomic E-state index is 0.225. The zero-order chi connectivity index (χ0) is 15.8. The van der Waals surface area contributed by atoms with Crippen LogP contribution < -0.4 is 5.32 Å². The van der Waals surface area contributed by atoms with Gasteiger partial charge in [0, 0.05) is 38.1 Å². The molecule has 0 aliphatic carbocycles. The molecule has 2 aliphatic rings. The number of nitrogens with zero attached hydrogens (tertiary/aromatic N) is 2. The fraction of sp³-hybridized carbons (Fsp3) is 0.938. The maximum absolute atomic E-state index is 5.66. The van der Waals surface area contributed by atoms with E-state index in [1.165, 1.54) is 0 Å². The van der Waals surface area contributed by atoms with E-state index in [1.807, 2.05) is 0 Å². The molecule has 128 valence electrons. The van der Waals surface area contributed by atoms with E-state index in [9.17, 15) is 0 Å². The molecule has 0 aromatic carbocycles. The molecule has 0 spiro atoms. The van der Waals surface area contributed by atoms with Gasteiger partial charge in [-0.2, -0.15) is 0 Å². The molecule has 0 radical (unpaired) electrons. The zero-order valence-electron chi connectivity index (χ0n) is 14.3. The van der Waals surface area contributed by atoms with Crippen LogP contribution in [0.1, 0.15) is 20.3 Å². The third kappa shape index (κ3) is 5.11. The largest absolute Gasteiger partial charge is 0.382 e. The van der Waals surface area contributed by atoms with Gasteiger partial charge >= 0.3 is 0 Å². The Hall–Kier alpha value is -0.850. The Bertz CT molecular complexity index is 359. The molecule has 0 saturated carbocycles. The van der Waals surface area contributed by atoms with Crippen LogP contribution in [0.2, 0.25) is 0 Å². The molecule has 6 heteroatoms. The molecule has 2 saturated heterocycles. The molecular weight excluding hydrogens is 282 g/mol. The number of aliphatic imine (C=N–C) groups is 1. The van der Waals surface area contributed by atoms with Crippen molar-refractivity contribution >= 4 is 5.96 Å². The molecule has 2 aliphatic heterocycles. The molecule has 0 aromatic heterocycles. The summed E-state index contributed by atoms with van der Waals surface area (Å²) in [5.41, 5.74) is 0.225. The van der Waals surface area contributed by atoms with Crippen molar-refractivity contribution in [2.45, 2.75) is 20.3 Å². The molecule has 2 fully saturated rings. The summed E-state index contributed by atoms with van der Waals surface area (Å²) < 4.78 is 16.0. The van der Waals surface area contributed by atoms with Gasteiger partial charge in [0.15, 0.2) is 5.96 Å². The SMILES string of the molecule is CCNC(=NCC1(C)COC1)N1CCC(COCCOC)C1. The quantitative estimate of drug-likeness (QED) is 0.411. The highest BCUT2D eigenvalue weighted by Gasteiger charge is 2.33. The van der Waals surface area contributed by atoms with E-state index in [0.717, 1.165) is 58.4 Å². The van der Waals surface area contributed by atoms with Gasteiger partial charge in [-0.05, 0) is 13.3 Å². The third-order valence-corrected chi connectivity index (χ3v) is 4.22. The van der Waals surface area contributed by atoms with Gasteiger partial charge in [0.1, 0.15) is 0 Å². The Morgan fingerprint density at radius 2 is 2.23 bits per heavy atom. The number of likely N-dealkylation sites (tertiary alicyclic amines) is 1. The van der Waals surface area contributed by atoms with Crippen LogP contribution in [0.15, 0.2) is 4.99 Å². The van der Waals surface area contributed by atoms with Gasteiger partial charge < -0.3 is 24.4 Å². The van der Waals surface area contributed by atoms with Crippen molar-refractivity contribution in [2.75, 3.05) is 66.3 Å². The topological polar surface area (TPSA) is 55.3 Å². The normalized spacial score (nSPS) is 24.4. The molecule has 1 N–H and O–H groups in total. The number of methoxy groups -OCH3 is 1. The highest BCUT2D eigenvalue weighted by Crippen LogP contribution is 2.27. The van der Waals surface area contributed by atoms with Crippen LogP contribution in [0.25, 0.3) is 0 Å². The highest BCUT2D eigenvalue weighted by atomic mass is 16.5. The summed E-state index contributed by atoms with van der Waals surface area (Å²) in [5, 5.41) is 3.42. The van der Waals surface area contributed by atoms with E-state index in [0.29, 0.717) is 19.1 Å². The summed E-state index contributed by atoms with van der Waals surface area (Å²) >= 11 is 0. The van der Waals surface area contributed by atoms with Crippen LogP contribution in [0.3, 0.4) is 0 Å². The third-order valence-electron chi connectivity index (χ3n) is 4.22. The van der Waals surface area contributed by atoms with E-state index in [-0.39, 0.29) is 5.41 Å². The molecule has 6 nitrogen and oxygen atoms in total. The lowest BCUT2D eigenvalue weighted by molar-refractivity contribution is -0.0946. The number of nitrogens with one attached hydrogen (secondary N) is 1. The second-order valence-electron chi connectivity index (χ2n) is 6.64. The second kappa shape index (κ2) is 8.70. The number of ether oxygens (including phenoxy) is 3. The van der Waals surface area contributed by atoms with Crippen molar-refractivity contribution in [3.05, 3.63) is 0 Å². The maximum Gasteiger partial charge on any atom is 0.193 e. The number of hydrogen-bond donors (Lipinski definition) is 1. The first-order valence-corrected chi connectivity index (χ1v) is 8.34. The van der Waals surface area contributed by atoms with Crippen LogP contribution in [0.4, 0.5) is 0 Å². The Morgan fingerprint density at radius 3 is 2.86 bits per heavy atom. The van der Waals surface area contributed by atoms with Crippen LogP contribution in [-0.2, 0) is 14.2 Å². The van der Waals surface area contributed by atoms with E-state index in [4.69, 9.17) is 19.2 Å². The van der Waals surface area contributed by atoms with Gasteiger partial charge in [0.25, 0.3) is 0 Å². The monoisotopic (exact) mass is 313 g/mol. The van der Waals surface area contributed by atoms with Crippen molar-refractivity contribution in [3.63, 3.8) is 0 Å². The summed E-state index contributed by atoms with van der Waals surface area (Å²) in [4.78, 5) is 7.18. The van der Waals surface area contributed by atoms with Gasteiger partial charge in [-0.3, -0.25) is 4.99 Å². The highest BCUT2D eigenvalue weighted by molar-refractivity contribution is 5.80. The smallest absolute Gasteiger partial charge is 0.193 e. The lowest BCUT2D eigenvalue weighted by atomic mass is 9.89. The standard InChI is InChI=1S/C16H31N3O3/c1-4-17-15(18-11-16(2)12-22-13-16)19-6-5-14(9-19)10-21-8-7-20-3/h14H,4-13H2,1-3H3,(H,17,18). The molecule has 22 heavy (non-hydrogen) atoms. The molecular formula is C16H31N3O3. The second-order valence-corrected chi connectivity index (χ2v) is 6.64. The first kappa shape index (κ1) is 17.5. The summed E-state index contributed by atoms with van der Waals surface area (Å²) in [6, 6.07) is 0. The van der Waals surface area contributed by atoms with Crippen molar-refractivity contribution < 1.29 is 14.2 Å². The summed E-state index contributed by atoms with van der Waals surface area (Å²) in [6.07, 6.45) is 1.16. The fourth-order valence-electron chi connectivity index (χ4n) is 2.79. The van der Waals surface area contributed by atoms with Crippen molar-refractivity contribution in [2.24, 2.45) is 16.3 Å². The first-order valence-electron chi connectivity index (χ1n) is 8.34. The molecule has 0 bridgehead atoms. The van der Waals surface area contributed by atoms with Crippen LogP contribution in [-0.4, -0.2) is 77.2 Å². The minimum atomic E-state index is 0.225. The lowest BCUT2D eigenvalue weighted by Crippen LogP contribution is -2.45. The van der Waals surface area contributed by atoms with Crippen molar-refractivity contribution in [1.29, 1.82) is 0 Å².